The molecule has 3 atom stereocenters. The summed E-state index contributed by atoms with van der Waals surface area (Å²) >= 11 is 0. The number of H-pyrrole nitrogens is 1. The second-order valence-electron chi connectivity index (χ2n) is 6.13. The van der Waals surface area contributed by atoms with Crippen molar-refractivity contribution in [3.63, 3.8) is 0 Å². The van der Waals surface area contributed by atoms with Crippen LogP contribution in [0, 0.1) is 5.92 Å². The lowest BCUT2D eigenvalue weighted by atomic mass is 9.78. The van der Waals surface area contributed by atoms with Crippen LogP contribution in [-0.2, 0) is 20.0 Å². The van der Waals surface area contributed by atoms with Crippen LogP contribution in [0.4, 0.5) is 0 Å². The molecule has 0 saturated carbocycles. The number of hydrogen-bond donors (Lipinski definition) is 4. The number of nitrogens with two attached hydrogens (primary N) is 2. The predicted octanol–water partition coefficient (Wildman–Crippen LogP) is -2.16. The molecule has 11 nitrogen and oxygen atoms in total. The van der Waals surface area contributed by atoms with E-state index >= 15 is 0 Å². The molecule has 1 saturated heterocycles. The molecule has 1 aliphatic carbocycles. The molecule has 0 aromatic carbocycles. The third-order valence-electron chi connectivity index (χ3n) is 4.68. The van der Waals surface area contributed by atoms with Gasteiger partial charge in [0, 0.05) is 5.57 Å². The maximum absolute atomic E-state index is 12.7. The maximum atomic E-state index is 12.7. The maximum Gasteiger partial charge on any atom is 0.220 e. The number of primary sulfonamides is 2. The number of aromatic amines is 1. The van der Waals surface area contributed by atoms with Crippen LogP contribution in [0.25, 0.3) is 5.57 Å². The zero-order chi connectivity index (χ0) is 18.3. The second-order valence-corrected chi connectivity index (χ2v) is 9.57. The molecule has 25 heavy (non-hydrogen) atoms. The molecule has 3 unspecified atom stereocenters. The van der Waals surface area contributed by atoms with Gasteiger partial charge < -0.3 is 5.32 Å². The number of hydrogen-bond acceptors (Lipinski definition) is 8. The first kappa shape index (κ1) is 18.1. The molecule has 1 fully saturated rings. The van der Waals surface area contributed by atoms with E-state index in [0.717, 1.165) is 0 Å². The van der Waals surface area contributed by atoms with Crippen molar-refractivity contribution < 1.29 is 16.8 Å². The Bertz CT molecular complexity index is 901. The number of nitrogens with zero attached hydrogens (tertiary/aromatic N) is 3. The second kappa shape index (κ2) is 6.25. The molecule has 0 amide bonds. The van der Waals surface area contributed by atoms with E-state index < -0.39 is 36.0 Å². The molecule has 1 aromatic heterocycles. The van der Waals surface area contributed by atoms with Crippen LogP contribution >= 0.6 is 0 Å². The molecule has 3 rings (SSSR count). The molecule has 1 aliphatic heterocycles. The summed E-state index contributed by atoms with van der Waals surface area (Å²) in [5.41, 5.74) is 0.0401. The van der Waals surface area contributed by atoms with Crippen molar-refractivity contribution in [3.8, 4) is 0 Å². The van der Waals surface area contributed by atoms with E-state index in [4.69, 9.17) is 10.3 Å². The van der Waals surface area contributed by atoms with Crippen molar-refractivity contribution >= 4 is 25.6 Å². The van der Waals surface area contributed by atoms with Gasteiger partial charge in [0.05, 0.1) is 0 Å². The Morgan fingerprint density at radius 2 is 2.00 bits per heavy atom. The number of aromatic nitrogens is 4. The lowest BCUT2D eigenvalue weighted by molar-refractivity contribution is 0.317. The van der Waals surface area contributed by atoms with Gasteiger partial charge in [-0.05, 0) is 37.1 Å². The number of sulfonamides is 2. The molecule has 1 aromatic rings. The monoisotopic (exact) mass is 389 g/mol. The molecule has 0 spiro atoms. The van der Waals surface area contributed by atoms with E-state index in [1.54, 1.807) is 0 Å². The Hall–Kier alpha value is -1.67. The van der Waals surface area contributed by atoms with Gasteiger partial charge in [0.15, 0.2) is 0 Å². The van der Waals surface area contributed by atoms with E-state index in [2.05, 4.69) is 25.9 Å². The summed E-state index contributed by atoms with van der Waals surface area (Å²) in [4.78, 5) is 0. The average Bonchev–Trinajstić information content (AvgIpc) is 3.07. The highest BCUT2D eigenvalue weighted by Gasteiger charge is 2.59. The molecule has 2 aliphatic rings. The Morgan fingerprint density at radius 1 is 1.24 bits per heavy atom. The summed E-state index contributed by atoms with van der Waals surface area (Å²) in [5.74, 6) is -0.619. The van der Waals surface area contributed by atoms with Crippen LogP contribution in [0.3, 0.4) is 0 Å². The van der Waals surface area contributed by atoms with Gasteiger partial charge in [-0.2, -0.15) is 5.21 Å². The average molecular weight is 389 g/mol. The van der Waals surface area contributed by atoms with Gasteiger partial charge in [0.2, 0.25) is 25.9 Å². The van der Waals surface area contributed by atoms with Gasteiger partial charge in [-0.15, -0.1) is 10.2 Å². The van der Waals surface area contributed by atoms with Crippen LogP contribution in [0.2, 0.25) is 0 Å². The van der Waals surface area contributed by atoms with Gasteiger partial charge in [-0.25, -0.2) is 27.1 Å². The fraction of sp³-hybridized carbons (Fsp3) is 0.583. The zero-order valence-corrected chi connectivity index (χ0v) is 14.8. The van der Waals surface area contributed by atoms with Crippen molar-refractivity contribution in [2.45, 2.75) is 22.8 Å². The molecule has 138 valence electrons. The highest BCUT2D eigenvalue weighted by molar-refractivity contribution is 7.94. The minimum atomic E-state index is -4.37. The third kappa shape index (κ3) is 3.01. The summed E-state index contributed by atoms with van der Waals surface area (Å²) in [6, 6.07) is 0. The summed E-state index contributed by atoms with van der Waals surface area (Å²) in [5, 5.41) is 25.7. The molecule has 2 heterocycles. The third-order valence-corrected chi connectivity index (χ3v) is 7.83. The van der Waals surface area contributed by atoms with Gasteiger partial charge in [0.1, 0.15) is 10.00 Å². The summed E-state index contributed by atoms with van der Waals surface area (Å²) < 4.78 is 48.4. The van der Waals surface area contributed by atoms with Gasteiger partial charge in [0.25, 0.3) is 0 Å². The van der Waals surface area contributed by atoms with Crippen LogP contribution in [0.1, 0.15) is 18.7 Å². The topological polar surface area (TPSA) is 187 Å². The first-order valence-electron chi connectivity index (χ1n) is 7.56. The van der Waals surface area contributed by atoms with Crippen LogP contribution in [-0.4, -0.2) is 60.5 Å². The highest BCUT2D eigenvalue weighted by atomic mass is 32.2. The number of tetrazole rings is 1. The Labute approximate surface area is 145 Å². The molecule has 0 bridgehead atoms. The smallest absolute Gasteiger partial charge is 0.220 e. The first-order valence-corrected chi connectivity index (χ1v) is 10.7. The molecule has 6 N–H and O–H groups in total. The Morgan fingerprint density at radius 3 is 2.52 bits per heavy atom. The number of allylic oxidation sites excluding steroid dienone is 2. The Balaban J connectivity index is 2.26. The van der Waals surface area contributed by atoms with E-state index in [9.17, 15) is 16.8 Å². The Kier molecular flexibility index (Phi) is 4.53. The van der Waals surface area contributed by atoms with E-state index in [-0.39, 0.29) is 11.4 Å². The minimum Gasteiger partial charge on any atom is -0.316 e. The van der Waals surface area contributed by atoms with Gasteiger partial charge in [-0.3, -0.25) is 0 Å². The fourth-order valence-corrected chi connectivity index (χ4v) is 7.18. The molecular formula is C12H19N7O4S2. The van der Waals surface area contributed by atoms with Gasteiger partial charge >= 0.3 is 0 Å². The lowest BCUT2D eigenvalue weighted by Crippen LogP contribution is -2.63. The number of nitrogens with one attached hydrogen (secondary N) is 2. The number of rotatable bonds is 4. The zero-order valence-electron chi connectivity index (χ0n) is 13.2. The SMILES string of the molecule is NS(=O)(=O)C1C(c2nn[nH]n2)=CC=CC1(C1CCCNC1)S(N)(=O)=O. The van der Waals surface area contributed by atoms with Crippen LogP contribution in [0.5, 0.6) is 0 Å². The van der Waals surface area contributed by atoms with E-state index in [1.807, 2.05) is 0 Å². The van der Waals surface area contributed by atoms with Crippen LogP contribution in [0.15, 0.2) is 18.2 Å². The minimum absolute atomic E-state index is 0.0401. The van der Waals surface area contributed by atoms with E-state index in [0.29, 0.717) is 25.9 Å². The van der Waals surface area contributed by atoms with E-state index in [1.165, 1.54) is 18.2 Å². The first-order chi connectivity index (χ1) is 11.7. The van der Waals surface area contributed by atoms with Crippen molar-refractivity contribution in [2.24, 2.45) is 16.2 Å². The number of piperidine rings is 1. The standard InChI is InChI=1S/C12H19N7O4S2/c13-24(20,21)10-9(11-16-18-19-17-11)4-1-5-12(10,25(14,22)23)8-3-2-6-15-7-8/h1,4-5,8,10,15H,2-3,6-7H2,(H2,13,20,21)(H2,14,22,23)(H,16,17,18,19). The lowest BCUT2D eigenvalue weighted by Gasteiger charge is -2.44. The largest absolute Gasteiger partial charge is 0.316 e. The van der Waals surface area contributed by atoms with Gasteiger partial charge in [-0.1, -0.05) is 18.2 Å². The summed E-state index contributed by atoms with van der Waals surface area (Å²) in [6.07, 6.45) is 5.36. The van der Waals surface area contributed by atoms with Crippen molar-refractivity contribution in [1.82, 2.24) is 25.9 Å². The van der Waals surface area contributed by atoms with Crippen LogP contribution < -0.4 is 15.6 Å². The normalized spacial score (nSPS) is 30.9. The predicted molar refractivity (Wildman–Crippen MR) is 89.6 cm³/mol. The molecule has 0 radical (unpaired) electrons. The van der Waals surface area contributed by atoms with Crippen molar-refractivity contribution in [3.05, 3.63) is 24.1 Å². The highest BCUT2D eigenvalue weighted by Crippen LogP contribution is 2.44. The molecular weight excluding hydrogens is 370 g/mol. The van der Waals surface area contributed by atoms with Crippen molar-refractivity contribution in [1.29, 1.82) is 0 Å². The fourth-order valence-electron chi connectivity index (χ4n) is 3.69. The quantitative estimate of drug-likeness (QED) is 0.448. The molecule has 13 heteroatoms. The van der Waals surface area contributed by atoms with Crippen molar-refractivity contribution in [2.75, 3.05) is 13.1 Å². The summed E-state index contributed by atoms with van der Waals surface area (Å²) in [7, 11) is -8.73. The summed E-state index contributed by atoms with van der Waals surface area (Å²) in [6.45, 7) is 1.01.